The van der Waals surface area contributed by atoms with Crippen molar-refractivity contribution >= 4 is 16.7 Å². The van der Waals surface area contributed by atoms with Crippen molar-refractivity contribution < 1.29 is 0 Å². The van der Waals surface area contributed by atoms with Gasteiger partial charge in [-0.2, -0.15) is 5.10 Å². The molecule has 0 saturated carbocycles. The van der Waals surface area contributed by atoms with E-state index in [2.05, 4.69) is 38.7 Å². The zero-order valence-electron chi connectivity index (χ0n) is 10.1. The number of nitrogens with one attached hydrogen (secondary N) is 2. The van der Waals surface area contributed by atoms with Gasteiger partial charge in [0.15, 0.2) is 5.65 Å². The van der Waals surface area contributed by atoms with Crippen LogP contribution >= 0.6 is 0 Å². The Morgan fingerprint density at radius 2 is 2.06 bits per heavy atom. The van der Waals surface area contributed by atoms with Crippen molar-refractivity contribution in [3.8, 4) is 0 Å². The Balaban J connectivity index is 1.80. The zero-order chi connectivity index (χ0) is 12.4. The summed E-state index contributed by atoms with van der Waals surface area (Å²) in [4.78, 5) is 4.31. The van der Waals surface area contributed by atoms with Crippen LogP contribution in [0.4, 0.5) is 5.69 Å². The summed E-state index contributed by atoms with van der Waals surface area (Å²) in [6.07, 6.45) is 1.81. The molecule has 0 aliphatic rings. The van der Waals surface area contributed by atoms with Crippen LogP contribution < -0.4 is 5.32 Å². The molecule has 18 heavy (non-hydrogen) atoms. The van der Waals surface area contributed by atoms with Gasteiger partial charge in [-0.3, -0.25) is 5.10 Å². The predicted octanol–water partition coefficient (Wildman–Crippen LogP) is 2.88. The molecule has 1 aromatic carbocycles. The second kappa shape index (κ2) is 4.49. The molecular weight excluding hydrogens is 224 g/mol. The Bertz CT molecular complexity index is 658. The zero-order valence-corrected chi connectivity index (χ0v) is 10.1. The summed E-state index contributed by atoms with van der Waals surface area (Å²) in [5.41, 5.74) is 4.07. The number of aromatic nitrogens is 3. The summed E-state index contributed by atoms with van der Waals surface area (Å²) in [7, 11) is 0. The molecule has 0 radical (unpaired) electrons. The number of hydrogen-bond acceptors (Lipinski definition) is 3. The molecule has 0 fully saturated rings. The van der Waals surface area contributed by atoms with Gasteiger partial charge >= 0.3 is 0 Å². The molecule has 0 aliphatic heterocycles. The molecule has 3 rings (SSSR count). The first kappa shape index (κ1) is 10.8. The molecule has 0 spiro atoms. The predicted molar refractivity (Wildman–Crippen MR) is 72.4 cm³/mol. The van der Waals surface area contributed by atoms with Crippen molar-refractivity contribution in [2.24, 2.45) is 0 Å². The van der Waals surface area contributed by atoms with Crippen LogP contribution in [0, 0.1) is 6.92 Å². The van der Waals surface area contributed by atoms with Gasteiger partial charge in [0, 0.05) is 17.6 Å². The van der Waals surface area contributed by atoms with Gasteiger partial charge in [-0.1, -0.05) is 30.3 Å². The van der Waals surface area contributed by atoms with Crippen LogP contribution in [0.5, 0.6) is 0 Å². The minimum absolute atomic E-state index is 0.762. The van der Waals surface area contributed by atoms with Crippen LogP contribution in [0.1, 0.15) is 11.3 Å². The number of nitrogens with zero attached hydrogens (tertiary/aromatic N) is 2. The smallest absolute Gasteiger partial charge is 0.181 e. The number of aromatic amines is 1. The molecule has 3 aromatic rings. The molecule has 0 amide bonds. The molecular formula is C14H14N4. The highest BCUT2D eigenvalue weighted by Crippen LogP contribution is 2.18. The lowest BCUT2D eigenvalue weighted by Gasteiger charge is -2.05. The summed E-state index contributed by atoms with van der Waals surface area (Å²) in [6.45, 7) is 2.79. The minimum atomic E-state index is 0.762. The van der Waals surface area contributed by atoms with Gasteiger partial charge in [-0.05, 0) is 18.6 Å². The Hall–Kier alpha value is -2.36. The SMILES string of the molecule is Cc1[nH]nc2ncc(NCc3ccccc3)cc12. The van der Waals surface area contributed by atoms with Crippen molar-refractivity contribution in [3.05, 3.63) is 53.9 Å². The first-order valence-corrected chi connectivity index (χ1v) is 5.91. The standard InChI is InChI=1S/C14H14N4/c1-10-13-7-12(9-16-14(13)18-17-10)15-8-11-5-3-2-4-6-11/h2-7,9,15H,8H2,1H3,(H,16,17,18). The third-order valence-corrected chi connectivity index (χ3v) is 2.94. The molecule has 2 heterocycles. The van der Waals surface area contributed by atoms with E-state index < -0.39 is 0 Å². The van der Waals surface area contributed by atoms with Gasteiger partial charge in [0.2, 0.25) is 0 Å². The molecule has 0 bridgehead atoms. The van der Waals surface area contributed by atoms with E-state index >= 15 is 0 Å². The van der Waals surface area contributed by atoms with Crippen LogP contribution in [0.3, 0.4) is 0 Å². The number of pyridine rings is 1. The van der Waals surface area contributed by atoms with Gasteiger partial charge in [-0.25, -0.2) is 4.98 Å². The molecule has 0 aliphatic carbocycles. The maximum atomic E-state index is 4.31. The summed E-state index contributed by atoms with van der Waals surface area (Å²) < 4.78 is 0. The average Bonchev–Trinajstić information content (AvgIpc) is 2.79. The summed E-state index contributed by atoms with van der Waals surface area (Å²) in [5, 5.41) is 11.5. The number of hydrogen-bond donors (Lipinski definition) is 2. The average molecular weight is 238 g/mol. The fraction of sp³-hybridized carbons (Fsp3) is 0.143. The van der Waals surface area contributed by atoms with E-state index in [1.807, 2.05) is 31.3 Å². The number of aryl methyl sites for hydroxylation is 1. The lowest BCUT2D eigenvalue weighted by Crippen LogP contribution is -1.99. The molecule has 2 aromatic heterocycles. The molecule has 90 valence electrons. The fourth-order valence-corrected chi connectivity index (χ4v) is 1.92. The number of benzene rings is 1. The van der Waals surface area contributed by atoms with E-state index in [1.54, 1.807) is 0 Å². The minimum Gasteiger partial charge on any atom is -0.380 e. The van der Waals surface area contributed by atoms with Crippen molar-refractivity contribution in [1.29, 1.82) is 0 Å². The van der Waals surface area contributed by atoms with Crippen LogP contribution in [0.25, 0.3) is 11.0 Å². The first-order valence-electron chi connectivity index (χ1n) is 5.91. The topological polar surface area (TPSA) is 53.6 Å². The largest absolute Gasteiger partial charge is 0.380 e. The highest BCUT2D eigenvalue weighted by molar-refractivity contribution is 5.80. The van der Waals surface area contributed by atoms with Crippen LogP contribution in [-0.2, 0) is 6.54 Å². The quantitative estimate of drug-likeness (QED) is 0.737. The van der Waals surface area contributed by atoms with E-state index in [4.69, 9.17) is 0 Å². The van der Waals surface area contributed by atoms with Crippen molar-refractivity contribution in [3.63, 3.8) is 0 Å². The first-order chi connectivity index (χ1) is 8.83. The van der Waals surface area contributed by atoms with Crippen LogP contribution in [0.15, 0.2) is 42.6 Å². The van der Waals surface area contributed by atoms with Crippen molar-refractivity contribution in [2.75, 3.05) is 5.32 Å². The second-order valence-electron chi connectivity index (χ2n) is 4.28. The fourth-order valence-electron chi connectivity index (χ4n) is 1.92. The second-order valence-corrected chi connectivity index (χ2v) is 4.28. The Morgan fingerprint density at radius 1 is 1.22 bits per heavy atom. The summed E-state index contributed by atoms with van der Waals surface area (Å²) in [6, 6.07) is 12.4. The van der Waals surface area contributed by atoms with Crippen molar-refractivity contribution in [2.45, 2.75) is 13.5 Å². The Kier molecular flexibility index (Phi) is 2.68. The summed E-state index contributed by atoms with van der Waals surface area (Å²) in [5.74, 6) is 0. The molecule has 0 unspecified atom stereocenters. The van der Waals surface area contributed by atoms with Gasteiger partial charge < -0.3 is 5.32 Å². The van der Waals surface area contributed by atoms with E-state index in [-0.39, 0.29) is 0 Å². The number of fused-ring (bicyclic) bond motifs is 1. The highest BCUT2D eigenvalue weighted by atomic mass is 15.1. The normalized spacial score (nSPS) is 10.7. The maximum Gasteiger partial charge on any atom is 0.181 e. The van der Waals surface area contributed by atoms with Gasteiger partial charge in [-0.15, -0.1) is 0 Å². The van der Waals surface area contributed by atoms with Crippen LogP contribution in [0.2, 0.25) is 0 Å². The molecule has 4 heteroatoms. The van der Waals surface area contributed by atoms with E-state index in [0.29, 0.717) is 0 Å². The van der Waals surface area contributed by atoms with E-state index in [1.165, 1.54) is 5.56 Å². The Labute approximate surface area is 105 Å². The third kappa shape index (κ3) is 2.05. The third-order valence-electron chi connectivity index (χ3n) is 2.94. The number of rotatable bonds is 3. The number of H-pyrrole nitrogens is 1. The lowest BCUT2D eigenvalue weighted by atomic mass is 10.2. The monoisotopic (exact) mass is 238 g/mol. The van der Waals surface area contributed by atoms with Gasteiger partial charge in [0.25, 0.3) is 0 Å². The maximum absolute atomic E-state index is 4.31. The molecule has 0 atom stereocenters. The van der Waals surface area contributed by atoms with Crippen molar-refractivity contribution in [1.82, 2.24) is 15.2 Å². The van der Waals surface area contributed by atoms with E-state index in [0.717, 1.165) is 29.0 Å². The van der Waals surface area contributed by atoms with Gasteiger partial charge in [0.1, 0.15) is 0 Å². The molecule has 2 N–H and O–H groups in total. The summed E-state index contributed by atoms with van der Waals surface area (Å²) >= 11 is 0. The molecule has 4 nitrogen and oxygen atoms in total. The highest BCUT2D eigenvalue weighted by Gasteiger charge is 2.03. The van der Waals surface area contributed by atoms with E-state index in [9.17, 15) is 0 Å². The van der Waals surface area contributed by atoms with Gasteiger partial charge in [0.05, 0.1) is 11.9 Å². The molecule has 0 saturated heterocycles. The van der Waals surface area contributed by atoms with Crippen LogP contribution in [-0.4, -0.2) is 15.2 Å². The number of anilines is 1. The Morgan fingerprint density at radius 3 is 2.89 bits per heavy atom. The lowest BCUT2D eigenvalue weighted by molar-refractivity contribution is 1.05.